The number of hydrogen-bond donors (Lipinski definition) is 2. The molecule has 0 spiro atoms. The lowest BCUT2D eigenvalue weighted by molar-refractivity contribution is 0.0186. The third kappa shape index (κ3) is 5.91. The summed E-state index contributed by atoms with van der Waals surface area (Å²) in [6.45, 7) is 13.0. The van der Waals surface area contributed by atoms with E-state index in [1.165, 1.54) is 24.3 Å². The number of thiophene rings is 1. The highest BCUT2D eigenvalue weighted by atomic mass is 32.1. The lowest BCUT2D eigenvalue weighted by Crippen LogP contribution is -2.45. The zero-order valence-corrected chi connectivity index (χ0v) is 17.6. The van der Waals surface area contributed by atoms with Crippen LogP contribution in [0.4, 0.5) is 0 Å². The van der Waals surface area contributed by atoms with Crippen molar-refractivity contribution in [3.8, 4) is 0 Å². The minimum atomic E-state index is 0.336. The van der Waals surface area contributed by atoms with Gasteiger partial charge in [0.25, 0.3) is 0 Å². The van der Waals surface area contributed by atoms with Crippen molar-refractivity contribution in [3.05, 3.63) is 22.4 Å². The molecule has 0 aliphatic carbocycles. The van der Waals surface area contributed by atoms with E-state index < -0.39 is 0 Å². The van der Waals surface area contributed by atoms with Gasteiger partial charge in [-0.15, -0.1) is 11.3 Å². The maximum Gasteiger partial charge on any atom is 0.191 e. The molecular formula is C20H35N5OS. The van der Waals surface area contributed by atoms with Crippen molar-refractivity contribution in [2.75, 3.05) is 59.0 Å². The Labute approximate surface area is 168 Å². The largest absolute Gasteiger partial charge is 0.379 e. The number of nitrogens with one attached hydrogen (secondary N) is 2. The van der Waals surface area contributed by atoms with Crippen molar-refractivity contribution in [2.45, 2.75) is 38.8 Å². The molecule has 27 heavy (non-hydrogen) atoms. The fourth-order valence-corrected chi connectivity index (χ4v) is 4.88. The Morgan fingerprint density at radius 3 is 2.85 bits per heavy atom. The molecule has 2 atom stereocenters. The highest BCUT2D eigenvalue weighted by molar-refractivity contribution is 7.10. The van der Waals surface area contributed by atoms with Crippen LogP contribution in [0.2, 0.25) is 0 Å². The standard InChI is InChI=1S/C20H35N5OS/c1-3-21-20(22-15-17-7-5-9-24(17)4-2)23-16-18(19-8-6-14-27-19)25-10-12-26-13-11-25/h6,8,14,17-18H,3-5,7,9-13,15-16H2,1-2H3,(H2,21,22,23). The Balaban J connectivity index is 1.62. The summed E-state index contributed by atoms with van der Waals surface area (Å²) in [4.78, 5) is 11.4. The second-order valence-corrected chi connectivity index (χ2v) is 8.18. The number of nitrogens with zero attached hydrogens (tertiary/aromatic N) is 3. The number of likely N-dealkylation sites (N-methyl/N-ethyl adjacent to an activating group) is 1. The average Bonchev–Trinajstić information content (AvgIpc) is 3.39. The first-order valence-corrected chi connectivity index (χ1v) is 11.3. The van der Waals surface area contributed by atoms with Gasteiger partial charge in [0.1, 0.15) is 0 Å². The fraction of sp³-hybridized carbons (Fsp3) is 0.750. The first-order chi connectivity index (χ1) is 13.3. The molecule has 6 nitrogen and oxygen atoms in total. The van der Waals surface area contributed by atoms with Gasteiger partial charge in [-0.25, -0.2) is 0 Å². The summed E-state index contributed by atoms with van der Waals surface area (Å²) < 4.78 is 5.54. The molecule has 1 aromatic rings. The normalized spacial score (nSPS) is 23.5. The molecule has 2 aliphatic rings. The Morgan fingerprint density at radius 2 is 2.15 bits per heavy atom. The minimum Gasteiger partial charge on any atom is -0.379 e. The number of ether oxygens (including phenoxy) is 1. The van der Waals surface area contributed by atoms with E-state index in [-0.39, 0.29) is 0 Å². The molecule has 0 amide bonds. The van der Waals surface area contributed by atoms with Crippen molar-refractivity contribution >= 4 is 17.3 Å². The molecule has 152 valence electrons. The van der Waals surface area contributed by atoms with Crippen LogP contribution in [-0.4, -0.2) is 80.8 Å². The van der Waals surface area contributed by atoms with Crippen LogP contribution in [0.15, 0.2) is 22.5 Å². The van der Waals surface area contributed by atoms with Gasteiger partial charge in [0.05, 0.1) is 25.8 Å². The monoisotopic (exact) mass is 393 g/mol. The molecular weight excluding hydrogens is 358 g/mol. The first kappa shape index (κ1) is 20.6. The molecule has 7 heteroatoms. The molecule has 0 radical (unpaired) electrons. The van der Waals surface area contributed by atoms with Crippen LogP contribution in [0.1, 0.15) is 37.6 Å². The summed E-state index contributed by atoms with van der Waals surface area (Å²) in [5.41, 5.74) is 0. The Morgan fingerprint density at radius 1 is 1.30 bits per heavy atom. The van der Waals surface area contributed by atoms with E-state index in [0.717, 1.165) is 58.4 Å². The van der Waals surface area contributed by atoms with Crippen LogP contribution < -0.4 is 10.6 Å². The third-order valence-electron chi connectivity index (χ3n) is 5.54. The second kappa shape index (κ2) is 11.0. The van der Waals surface area contributed by atoms with Gasteiger partial charge in [0, 0.05) is 37.1 Å². The Hall–Kier alpha value is -1.15. The Kier molecular flexibility index (Phi) is 8.38. The van der Waals surface area contributed by atoms with E-state index >= 15 is 0 Å². The van der Waals surface area contributed by atoms with Crippen LogP contribution in [-0.2, 0) is 4.74 Å². The first-order valence-electron chi connectivity index (χ1n) is 10.4. The molecule has 3 rings (SSSR count). The summed E-state index contributed by atoms with van der Waals surface area (Å²) in [6, 6.07) is 5.34. The van der Waals surface area contributed by atoms with E-state index in [1.54, 1.807) is 0 Å². The van der Waals surface area contributed by atoms with Gasteiger partial charge in [-0.1, -0.05) is 13.0 Å². The van der Waals surface area contributed by atoms with E-state index in [2.05, 4.69) is 51.8 Å². The maximum absolute atomic E-state index is 5.54. The zero-order chi connectivity index (χ0) is 18.9. The van der Waals surface area contributed by atoms with E-state index in [1.807, 2.05) is 11.3 Å². The topological polar surface area (TPSA) is 52.1 Å². The van der Waals surface area contributed by atoms with Crippen molar-refractivity contribution in [3.63, 3.8) is 0 Å². The number of guanidine groups is 1. The van der Waals surface area contributed by atoms with Gasteiger partial charge in [0.15, 0.2) is 5.96 Å². The van der Waals surface area contributed by atoms with Gasteiger partial charge in [0.2, 0.25) is 0 Å². The lowest BCUT2D eigenvalue weighted by atomic mass is 10.2. The van der Waals surface area contributed by atoms with Crippen molar-refractivity contribution < 1.29 is 4.74 Å². The number of aliphatic imine (C=N–C) groups is 1. The maximum atomic E-state index is 5.54. The van der Waals surface area contributed by atoms with Crippen molar-refractivity contribution in [1.29, 1.82) is 0 Å². The molecule has 2 aliphatic heterocycles. The highest BCUT2D eigenvalue weighted by Crippen LogP contribution is 2.26. The molecule has 0 saturated carbocycles. The lowest BCUT2D eigenvalue weighted by Gasteiger charge is -2.33. The summed E-state index contributed by atoms with van der Waals surface area (Å²) in [5, 5.41) is 9.17. The predicted octanol–water partition coefficient (Wildman–Crippen LogP) is 2.16. The molecule has 2 saturated heterocycles. The van der Waals surface area contributed by atoms with Gasteiger partial charge < -0.3 is 15.4 Å². The molecule has 0 bridgehead atoms. The van der Waals surface area contributed by atoms with Crippen LogP contribution in [0.25, 0.3) is 0 Å². The third-order valence-corrected chi connectivity index (χ3v) is 6.51. The number of rotatable bonds is 8. The summed E-state index contributed by atoms with van der Waals surface area (Å²) >= 11 is 1.83. The predicted molar refractivity (Wildman–Crippen MR) is 114 cm³/mol. The zero-order valence-electron chi connectivity index (χ0n) is 16.8. The van der Waals surface area contributed by atoms with Crippen LogP contribution in [0, 0.1) is 0 Å². The number of morpholine rings is 1. The SMILES string of the molecule is CCNC(=NCC(c1cccs1)N1CCOCC1)NCC1CCCN1CC. The summed E-state index contributed by atoms with van der Waals surface area (Å²) in [5.74, 6) is 0.940. The summed E-state index contributed by atoms with van der Waals surface area (Å²) in [7, 11) is 0. The van der Waals surface area contributed by atoms with E-state index in [0.29, 0.717) is 12.1 Å². The minimum absolute atomic E-state index is 0.336. The fourth-order valence-electron chi connectivity index (χ4n) is 4.03. The van der Waals surface area contributed by atoms with Gasteiger partial charge in [-0.2, -0.15) is 0 Å². The highest BCUT2D eigenvalue weighted by Gasteiger charge is 2.24. The van der Waals surface area contributed by atoms with Gasteiger partial charge in [-0.3, -0.25) is 14.8 Å². The molecule has 2 fully saturated rings. The molecule has 2 N–H and O–H groups in total. The van der Waals surface area contributed by atoms with Crippen LogP contribution in [0.3, 0.4) is 0 Å². The Bertz CT molecular complexity index is 559. The summed E-state index contributed by atoms with van der Waals surface area (Å²) in [6.07, 6.45) is 2.59. The van der Waals surface area contributed by atoms with Crippen LogP contribution in [0.5, 0.6) is 0 Å². The van der Waals surface area contributed by atoms with E-state index in [4.69, 9.17) is 9.73 Å². The smallest absolute Gasteiger partial charge is 0.191 e. The molecule has 2 unspecified atom stereocenters. The number of hydrogen-bond acceptors (Lipinski definition) is 5. The second-order valence-electron chi connectivity index (χ2n) is 7.20. The quantitative estimate of drug-likeness (QED) is 0.524. The van der Waals surface area contributed by atoms with Crippen molar-refractivity contribution in [2.24, 2.45) is 4.99 Å². The van der Waals surface area contributed by atoms with Gasteiger partial charge in [-0.05, 0) is 44.3 Å². The van der Waals surface area contributed by atoms with Crippen molar-refractivity contribution in [1.82, 2.24) is 20.4 Å². The average molecular weight is 394 g/mol. The molecule has 3 heterocycles. The van der Waals surface area contributed by atoms with E-state index in [9.17, 15) is 0 Å². The van der Waals surface area contributed by atoms with Crippen LogP contribution >= 0.6 is 11.3 Å². The molecule has 1 aromatic heterocycles. The molecule has 0 aromatic carbocycles. The van der Waals surface area contributed by atoms with Gasteiger partial charge >= 0.3 is 0 Å². The number of likely N-dealkylation sites (tertiary alicyclic amines) is 1.